The van der Waals surface area contributed by atoms with E-state index in [1.54, 1.807) is 24.3 Å². The Hall–Kier alpha value is -2.29. The van der Waals surface area contributed by atoms with E-state index < -0.39 is 10.0 Å². The van der Waals surface area contributed by atoms with Gasteiger partial charge in [-0.3, -0.25) is 9.69 Å². The fraction of sp³-hybridized carbons (Fsp3) is 0.458. The third-order valence-corrected chi connectivity index (χ3v) is 8.06. The third kappa shape index (κ3) is 5.94. The molecule has 0 aromatic heterocycles. The van der Waals surface area contributed by atoms with E-state index in [9.17, 15) is 17.6 Å². The van der Waals surface area contributed by atoms with Crippen LogP contribution in [0.3, 0.4) is 0 Å². The van der Waals surface area contributed by atoms with Gasteiger partial charge < -0.3 is 5.32 Å². The molecule has 0 spiro atoms. The van der Waals surface area contributed by atoms with Gasteiger partial charge in [0, 0.05) is 26.2 Å². The quantitative estimate of drug-likeness (QED) is 0.653. The molecule has 8 heteroatoms. The number of hydrogen-bond donors (Lipinski definition) is 1. The minimum absolute atomic E-state index is 0.140. The number of nitrogens with one attached hydrogen (secondary N) is 1. The highest BCUT2D eigenvalue weighted by atomic mass is 32.2. The minimum Gasteiger partial charge on any atom is -0.348 e. The molecule has 2 aromatic carbocycles. The highest BCUT2D eigenvalue weighted by Gasteiger charge is 2.29. The van der Waals surface area contributed by atoms with Crippen molar-refractivity contribution in [2.24, 2.45) is 0 Å². The second-order valence-electron chi connectivity index (χ2n) is 8.40. The first kappa shape index (κ1) is 24.4. The Morgan fingerprint density at radius 2 is 1.53 bits per heavy atom. The van der Waals surface area contributed by atoms with Gasteiger partial charge in [-0.15, -0.1) is 0 Å². The predicted octanol–water partition coefficient (Wildman–Crippen LogP) is 3.52. The van der Waals surface area contributed by atoms with Crippen molar-refractivity contribution >= 4 is 15.9 Å². The molecule has 32 heavy (non-hydrogen) atoms. The van der Waals surface area contributed by atoms with Gasteiger partial charge >= 0.3 is 0 Å². The number of hydrogen-bond acceptors (Lipinski definition) is 4. The van der Waals surface area contributed by atoms with Crippen LogP contribution in [-0.2, 0) is 14.8 Å². The van der Waals surface area contributed by atoms with Crippen molar-refractivity contribution in [1.82, 2.24) is 14.5 Å². The smallest absolute Gasteiger partial charge is 0.243 e. The lowest BCUT2D eigenvalue weighted by atomic mass is 9.99. The van der Waals surface area contributed by atoms with Crippen molar-refractivity contribution in [3.8, 4) is 0 Å². The molecule has 1 amide bonds. The molecule has 1 saturated heterocycles. The minimum atomic E-state index is -3.55. The Morgan fingerprint density at radius 3 is 2.09 bits per heavy atom. The zero-order chi connectivity index (χ0) is 23.3. The molecule has 2 atom stereocenters. The maximum Gasteiger partial charge on any atom is 0.243 e. The Morgan fingerprint density at radius 1 is 0.969 bits per heavy atom. The Bertz CT molecular complexity index is 1000. The highest BCUT2D eigenvalue weighted by molar-refractivity contribution is 7.89. The van der Waals surface area contributed by atoms with Crippen LogP contribution < -0.4 is 5.32 Å². The first-order valence-corrected chi connectivity index (χ1v) is 12.5. The summed E-state index contributed by atoms with van der Waals surface area (Å²) in [6.07, 6.45) is 1.00. The van der Waals surface area contributed by atoms with Crippen LogP contribution in [0.25, 0.3) is 0 Å². The zero-order valence-electron chi connectivity index (χ0n) is 18.9. The average molecular weight is 462 g/mol. The van der Waals surface area contributed by atoms with Gasteiger partial charge in [-0.1, -0.05) is 38.1 Å². The molecule has 0 aliphatic carbocycles. The first-order chi connectivity index (χ1) is 15.2. The van der Waals surface area contributed by atoms with Crippen LogP contribution in [0.5, 0.6) is 0 Å². The van der Waals surface area contributed by atoms with Gasteiger partial charge in [-0.05, 0) is 54.7 Å². The number of sulfonamides is 1. The Kier molecular flexibility index (Phi) is 8.03. The Balaban J connectivity index is 1.51. The van der Waals surface area contributed by atoms with Crippen LogP contribution in [0.2, 0.25) is 0 Å². The zero-order valence-corrected chi connectivity index (χ0v) is 19.7. The number of rotatable bonds is 8. The standard InChI is InChI=1S/C24H32FN3O3S/c1-4-18(2)20-7-11-23(12-8-20)32(30,31)28-15-13-27(14-16-28)17-24(29)26-19(3)21-5-9-22(25)10-6-21/h5-12,18-19H,4,13-17H2,1-3H3,(H,26,29)/t18-,19-/m1/s1. The van der Waals surface area contributed by atoms with Crippen molar-refractivity contribution < 1.29 is 17.6 Å². The van der Waals surface area contributed by atoms with Crippen LogP contribution >= 0.6 is 0 Å². The van der Waals surface area contributed by atoms with Crippen LogP contribution in [-0.4, -0.2) is 56.3 Å². The van der Waals surface area contributed by atoms with Crippen molar-refractivity contribution in [3.05, 3.63) is 65.5 Å². The summed E-state index contributed by atoms with van der Waals surface area (Å²) in [6, 6.07) is 13.0. The molecule has 1 heterocycles. The van der Waals surface area contributed by atoms with Gasteiger partial charge in [0.15, 0.2) is 0 Å². The molecular formula is C24H32FN3O3S. The molecular weight excluding hydrogens is 429 g/mol. The van der Waals surface area contributed by atoms with Gasteiger partial charge in [0.2, 0.25) is 15.9 Å². The van der Waals surface area contributed by atoms with E-state index in [-0.39, 0.29) is 24.3 Å². The second kappa shape index (κ2) is 10.6. The molecule has 0 unspecified atom stereocenters. The molecule has 2 aromatic rings. The summed E-state index contributed by atoms with van der Waals surface area (Å²) in [5.74, 6) is -0.0578. The Labute approximate surface area is 190 Å². The largest absolute Gasteiger partial charge is 0.348 e. The van der Waals surface area contributed by atoms with Crippen molar-refractivity contribution in [3.63, 3.8) is 0 Å². The van der Waals surface area contributed by atoms with Gasteiger partial charge in [0.05, 0.1) is 17.5 Å². The van der Waals surface area contributed by atoms with Gasteiger partial charge in [-0.2, -0.15) is 4.31 Å². The number of carbonyl (C=O) groups excluding carboxylic acids is 1. The fourth-order valence-corrected chi connectivity index (χ4v) is 5.23. The van der Waals surface area contributed by atoms with Gasteiger partial charge in [-0.25, -0.2) is 12.8 Å². The van der Waals surface area contributed by atoms with E-state index >= 15 is 0 Å². The number of nitrogens with zero attached hydrogens (tertiary/aromatic N) is 2. The van der Waals surface area contributed by atoms with E-state index in [1.807, 2.05) is 24.0 Å². The molecule has 0 bridgehead atoms. The lowest BCUT2D eigenvalue weighted by molar-refractivity contribution is -0.123. The summed E-state index contributed by atoms with van der Waals surface area (Å²) < 4.78 is 40.5. The number of halogens is 1. The van der Waals surface area contributed by atoms with Crippen molar-refractivity contribution in [2.45, 2.75) is 44.0 Å². The molecule has 174 valence electrons. The second-order valence-corrected chi connectivity index (χ2v) is 10.3. The molecule has 1 aliphatic rings. The number of carbonyl (C=O) groups is 1. The van der Waals surface area contributed by atoms with Crippen LogP contribution in [0, 0.1) is 5.82 Å². The maximum absolute atomic E-state index is 13.1. The summed E-state index contributed by atoms with van der Waals surface area (Å²) in [7, 11) is -3.55. The van der Waals surface area contributed by atoms with E-state index in [0.29, 0.717) is 37.0 Å². The number of piperazine rings is 1. The molecule has 0 radical (unpaired) electrons. The highest BCUT2D eigenvalue weighted by Crippen LogP contribution is 2.23. The molecule has 0 saturated carbocycles. The lowest BCUT2D eigenvalue weighted by Gasteiger charge is -2.33. The van der Waals surface area contributed by atoms with Crippen LogP contribution in [0.15, 0.2) is 53.4 Å². The molecule has 3 rings (SSSR count). The molecule has 6 nitrogen and oxygen atoms in total. The molecule has 1 fully saturated rings. The first-order valence-electron chi connectivity index (χ1n) is 11.1. The van der Waals surface area contributed by atoms with Crippen LogP contribution in [0.1, 0.15) is 50.3 Å². The van der Waals surface area contributed by atoms with E-state index in [1.165, 1.54) is 16.4 Å². The van der Waals surface area contributed by atoms with Gasteiger partial charge in [0.25, 0.3) is 0 Å². The van der Waals surface area contributed by atoms with Crippen LogP contribution in [0.4, 0.5) is 4.39 Å². The van der Waals surface area contributed by atoms with E-state index in [0.717, 1.165) is 17.5 Å². The maximum atomic E-state index is 13.1. The summed E-state index contributed by atoms with van der Waals surface area (Å²) in [5.41, 5.74) is 1.96. The molecule has 1 aliphatic heterocycles. The third-order valence-electron chi connectivity index (χ3n) is 6.15. The average Bonchev–Trinajstić information content (AvgIpc) is 2.79. The van der Waals surface area contributed by atoms with Crippen molar-refractivity contribution in [2.75, 3.05) is 32.7 Å². The molecule has 1 N–H and O–H groups in total. The number of benzene rings is 2. The van der Waals surface area contributed by atoms with Crippen molar-refractivity contribution in [1.29, 1.82) is 0 Å². The lowest BCUT2D eigenvalue weighted by Crippen LogP contribution is -2.51. The van der Waals surface area contributed by atoms with Gasteiger partial charge in [0.1, 0.15) is 5.82 Å². The topological polar surface area (TPSA) is 69.7 Å². The normalized spacial score (nSPS) is 17.6. The summed E-state index contributed by atoms with van der Waals surface area (Å²) in [6.45, 7) is 7.95. The van der Waals surface area contributed by atoms with E-state index in [2.05, 4.69) is 19.2 Å². The summed E-state index contributed by atoms with van der Waals surface area (Å²) in [5, 5.41) is 2.91. The van der Waals surface area contributed by atoms with E-state index in [4.69, 9.17) is 0 Å². The SMILES string of the molecule is CC[C@@H](C)c1ccc(S(=O)(=O)N2CCN(CC(=O)N[C@H](C)c3ccc(F)cc3)CC2)cc1. The predicted molar refractivity (Wildman–Crippen MR) is 123 cm³/mol. The monoisotopic (exact) mass is 461 g/mol. The number of amides is 1. The summed E-state index contributed by atoms with van der Waals surface area (Å²) in [4.78, 5) is 14.7. The fourth-order valence-electron chi connectivity index (χ4n) is 3.81. The summed E-state index contributed by atoms with van der Waals surface area (Å²) >= 11 is 0.